The molecule has 1 atom stereocenters. The number of nitrogens with zero attached hydrogens (tertiary/aromatic N) is 3. The molecule has 3 heterocycles. The molecule has 2 aliphatic heterocycles. The summed E-state index contributed by atoms with van der Waals surface area (Å²) >= 11 is 0. The van der Waals surface area contributed by atoms with Gasteiger partial charge in [-0.25, -0.2) is 4.79 Å². The van der Waals surface area contributed by atoms with Crippen LogP contribution in [0.15, 0.2) is 36.5 Å². The summed E-state index contributed by atoms with van der Waals surface area (Å²) in [6, 6.07) is 10.2. The third-order valence-electron chi connectivity index (χ3n) is 5.52. The summed E-state index contributed by atoms with van der Waals surface area (Å²) in [4.78, 5) is 21.5. The first-order valence-corrected chi connectivity index (χ1v) is 9.94. The van der Waals surface area contributed by atoms with Crippen LogP contribution >= 0.6 is 0 Å². The molecule has 0 bridgehead atoms. The highest BCUT2D eigenvalue weighted by Crippen LogP contribution is 2.19. The first-order valence-electron chi connectivity index (χ1n) is 9.94. The first kappa shape index (κ1) is 18.2. The van der Waals surface area contributed by atoms with Gasteiger partial charge in [0, 0.05) is 50.9 Å². The molecule has 2 saturated heterocycles. The van der Waals surface area contributed by atoms with E-state index in [4.69, 9.17) is 4.74 Å². The number of pyridine rings is 1. The maximum absolute atomic E-state index is 12.6. The minimum Gasteiger partial charge on any atom is -0.379 e. The van der Waals surface area contributed by atoms with Crippen LogP contribution in [0.5, 0.6) is 0 Å². The maximum Gasteiger partial charge on any atom is 0.317 e. The number of urea groups is 1. The number of piperidine rings is 1. The van der Waals surface area contributed by atoms with Crippen LogP contribution in [0.2, 0.25) is 0 Å². The predicted octanol–water partition coefficient (Wildman–Crippen LogP) is 2.49. The number of ether oxygens (including phenoxy) is 1. The number of carbonyl (C=O) groups excluding carboxylic acids is 1. The normalized spacial score (nSPS) is 21.3. The zero-order valence-electron chi connectivity index (χ0n) is 15.8. The zero-order chi connectivity index (χ0) is 18.5. The van der Waals surface area contributed by atoms with E-state index in [-0.39, 0.29) is 6.03 Å². The van der Waals surface area contributed by atoms with E-state index in [1.54, 1.807) is 0 Å². The van der Waals surface area contributed by atoms with Crippen LogP contribution in [0.3, 0.4) is 0 Å². The number of para-hydroxylation sites is 1. The molecule has 1 N–H and O–H groups in total. The van der Waals surface area contributed by atoms with Crippen LogP contribution in [0.1, 0.15) is 18.4 Å². The lowest BCUT2D eigenvalue weighted by molar-refractivity contribution is 0.0249. The minimum atomic E-state index is 0.0369. The standard InChI is InChI=1S/C21H28N4O2/c26-21(23-14-18-12-19-5-1-2-6-20(19)22-13-18)25-7-3-4-17(16-25)15-24-8-10-27-11-9-24/h1-2,5-6,12-13,17H,3-4,7-11,14-16H2,(H,23,26). The summed E-state index contributed by atoms with van der Waals surface area (Å²) in [6.07, 6.45) is 4.13. The molecule has 0 aliphatic carbocycles. The molecule has 1 aromatic heterocycles. The van der Waals surface area contributed by atoms with Gasteiger partial charge < -0.3 is 15.0 Å². The fraction of sp³-hybridized carbons (Fsp3) is 0.524. The fourth-order valence-electron chi connectivity index (χ4n) is 4.05. The third-order valence-corrected chi connectivity index (χ3v) is 5.52. The number of fused-ring (bicyclic) bond motifs is 1. The second-order valence-electron chi connectivity index (χ2n) is 7.56. The zero-order valence-corrected chi connectivity index (χ0v) is 15.8. The smallest absolute Gasteiger partial charge is 0.317 e. The van der Waals surface area contributed by atoms with Crippen molar-refractivity contribution >= 4 is 16.9 Å². The van der Waals surface area contributed by atoms with Gasteiger partial charge >= 0.3 is 6.03 Å². The fourth-order valence-corrected chi connectivity index (χ4v) is 4.05. The van der Waals surface area contributed by atoms with E-state index >= 15 is 0 Å². The van der Waals surface area contributed by atoms with E-state index in [1.807, 2.05) is 29.3 Å². The van der Waals surface area contributed by atoms with Crippen molar-refractivity contribution in [1.29, 1.82) is 0 Å². The molecule has 1 unspecified atom stereocenters. The van der Waals surface area contributed by atoms with Crippen molar-refractivity contribution in [1.82, 2.24) is 20.1 Å². The Hall–Kier alpha value is -2.18. The van der Waals surface area contributed by atoms with Gasteiger partial charge in [0.1, 0.15) is 0 Å². The van der Waals surface area contributed by atoms with E-state index in [1.165, 1.54) is 6.42 Å². The molecular weight excluding hydrogens is 340 g/mol. The first-order chi connectivity index (χ1) is 13.3. The highest BCUT2D eigenvalue weighted by atomic mass is 16.5. The van der Waals surface area contributed by atoms with Gasteiger partial charge in [0.15, 0.2) is 0 Å². The van der Waals surface area contributed by atoms with E-state index in [2.05, 4.69) is 27.3 Å². The average Bonchev–Trinajstić information content (AvgIpc) is 2.73. The molecule has 2 aliphatic rings. The Morgan fingerprint density at radius 1 is 1.22 bits per heavy atom. The number of hydrogen-bond acceptors (Lipinski definition) is 4. The van der Waals surface area contributed by atoms with Crippen LogP contribution in [0, 0.1) is 5.92 Å². The number of rotatable bonds is 4. The monoisotopic (exact) mass is 368 g/mol. The largest absolute Gasteiger partial charge is 0.379 e. The topological polar surface area (TPSA) is 57.7 Å². The lowest BCUT2D eigenvalue weighted by Gasteiger charge is -2.36. The molecule has 6 heteroatoms. The van der Waals surface area contributed by atoms with Crippen molar-refractivity contribution in [2.45, 2.75) is 19.4 Å². The van der Waals surface area contributed by atoms with Crippen LogP contribution in [0.25, 0.3) is 10.9 Å². The van der Waals surface area contributed by atoms with E-state index < -0.39 is 0 Å². The Morgan fingerprint density at radius 3 is 2.96 bits per heavy atom. The maximum atomic E-state index is 12.6. The van der Waals surface area contributed by atoms with Crippen molar-refractivity contribution < 1.29 is 9.53 Å². The molecule has 0 spiro atoms. The Bertz CT molecular complexity index is 776. The highest BCUT2D eigenvalue weighted by Gasteiger charge is 2.25. The lowest BCUT2D eigenvalue weighted by Crippen LogP contribution is -2.48. The number of amides is 2. The van der Waals surface area contributed by atoms with Crippen LogP contribution in [-0.4, -0.2) is 66.8 Å². The van der Waals surface area contributed by atoms with Crippen LogP contribution in [-0.2, 0) is 11.3 Å². The van der Waals surface area contributed by atoms with Crippen LogP contribution in [0.4, 0.5) is 4.79 Å². The van der Waals surface area contributed by atoms with Crippen molar-refractivity contribution in [2.75, 3.05) is 45.9 Å². The molecule has 0 saturated carbocycles. The second kappa shape index (κ2) is 8.67. The second-order valence-corrected chi connectivity index (χ2v) is 7.56. The van der Waals surface area contributed by atoms with E-state index in [9.17, 15) is 4.79 Å². The molecule has 2 amide bonds. The predicted molar refractivity (Wildman–Crippen MR) is 106 cm³/mol. The van der Waals surface area contributed by atoms with Crippen molar-refractivity contribution in [3.8, 4) is 0 Å². The van der Waals surface area contributed by atoms with Gasteiger partial charge in [0.05, 0.1) is 18.7 Å². The quantitative estimate of drug-likeness (QED) is 0.901. The number of benzene rings is 1. The number of carbonyl (C=O) groups is 1. The van der Waals surface area contributed by atoms with E-state index in [0.717, 1.165) is 68.8 Å². The number of nitrogens with one attached hydrogen (secondary N) is 1. The summed E-state index contributed by atoms with van der Waals surface area (Å²) in [7, 11) is 0. The Morgan fingerprint density at radius 2 is 2.07 bits per heavy atom. The number of likely N-dealkylation sites (tertiary alicyclic amines) is 1. The van der Waals surface area contributed by atoms with Gasteiger partial charge in [-0.1, -0.05) is 18.2 Å². The lowest BCUT2D eigenvalue weighted by atomic mass is 9.97. The Kier molecular flexibility index (Phi) is 5.84. The molecular formula is C21H28N4O2. The average molecular weight is 368 g/mol. The molecule has 144 valence electrons. The number of hydrogen-bond donors (Lipinski definition) is 1. The minimum absolute atomic E-state index is 0.0369. The highest BCUT2D eigenvalue weighted by molar-refractivity contribution is 5.79. The van der Waals surface area contributed by atoms with Crippen LogP contribution < -0.4 is 5.32 Å². The van der Waals surface area contributed by atoms with Gasteiger partial charge in [0.25, 0.3) is 0 Å². The molecule has 2 fully saturated rings. The van der Waals surface area contributed by atoms with Gasteiger partial charge in [-0.2, -0.15) is 0 Å². The molecule has 4 rings (SSSR count). The van der Waals surface area contributed by atoms with Crippen molar-refractivity contribution in [3.05, 3.63) is 42.1 Å². The Labute approximate surface area is 160 Å². The molecule has 27 heavy (non-hydrogen) atoms. The molecule has 0 radical (unpaired) electrons. The van der Waals surface area contributed by atoms with Crippen molar-refractivity contribution in [2.24, 2.45) is 5.92 Å². The van der Waals surface area contributed by atoms with Gasteiger partial charge in [-0.15, -0.1) is 0 Å². The molecule has 1 aromatic carbocycles. The summed E-state index contributed by atoms with van der Waals surface area (Å²) in [6.45, 7) is 6.96. The van der Waals surface area contributed by atoms with E-state index in [0.29, 0.717) is 12.5 Å². The SMILES string of the molecule is O=C(NCc1cnc2ccccc2c1)N1CCCC(CN2CCOCC2)C1. The Balaban J connectivity index is 1.29. The summed E-state index contributed by atoms with van der Waals surface area (Å²) in [5.41, 5.74) is 2.01. The van der Waals surface area contributed by atoms with Gasteiger partial charge in [0.2, 0.25) is 0 Å². The van der Waals surface area contributed by atoms with Gasteiger partial charge in [-0.3, -0.25) is 9.88 Å². The van der Waals surface area contributed by atoms with Crippen molar-refractivity contribution in [3.63, 3.8) is 0 Å². The summed E-state index contributed by atoms with van der Waals surface area (Å²) in [5, 5.41) is 4.18. The summed E-state index contributed by atoms with van der Waals surface area (Å²) < 4.78 is 5.43. The number of aromatic nitrogens is 1. The third kappa shape index (κ3) is 4.76. The summed E-state index contributed by atoms with van der Waals surface area (Å²) in [5.74, 6) is 0.560. The molecule has 6 nitrogen and oxygen atoms in total. The van der Waals surface area contributed by atoms with Gasteiger partial charge in [-0.05, 0) is 36.5 Å². The number of morpholine rings is 1. The molecule has 2 aromatic rings.